The van der Waals surface area contributed by atoms with Crippen molar-refractivity contribution < 1.29 is 0 Å². The average Bonchev–Trinajstić information content (AvgIpc) is 3.04. The Balaban J connectivity index is 2.24. The first-order valence-corrected chi connectivity index (χ1v) is 6.66. The van der Waals surface area contributed by atoms with E-state index in [4.69, 9.17) is 5.73 Å². The Hall–Kier alpha value is -0.870. The van der Waals surface area contributed by atoms with Crippen molar-refractivity contribution in [3.8, 4) is 0 Å². The molecule has 1 aromatic rings. The van der Waals surface area contributed by atoms with Gasteiger partial charge in [-0.25, -0.2) is 4.98 Å². The third-order valence-electron chi connectivity index (χ3n) is 3.63. The summed E-state index contributed by atoms with van der Waals surface area (Å²) in [5.41, 5.74) is 7.27. The molecule has 0 aromatic carbocycles. The van der Waals surface area contributed by atoms with Crippen LogP contribution in [-0.4, -0.2) is 33.6 Å². The van der Waals surface area contributed by atoms with E-state index in [1.54, 1.807) is 0 Å². The normalized spacial score (nSPS) is 18.0. The number of hydrogen-bond donors (Lipinski definition) is 1. The lowest BCUT2D eigenvalue weighted by Gasteiger charge is -2.33. The number of imidazole rings is 1. The molecule has 2 rings (SSSR count). The molecule has 4 nitrogen and oxygen atoms in total. The van der Waals surface area contributed by atoms with Gasteiger partial charge in [-0.05, 0) is 33.2 Å². The predicted octanol–water partition coefficient (Wildman–Crippen LogP) is 1.95. The van der Waals surface area contributed by atoms with Gasteiger partial charge in [-0.2, -0.15) is 0 Å². The molecule has 96 valence electrons. The van der Waals surface area contributed by atoms with Crippen LogP contribution in [0.5, 0.6) is 0 Å². The Morgan fingerprint density at radius 2 is 2.24 bits per heavy atom. The Morgan fingerprint density at radius 1 is 1.53 bits per heavy atom. The molecule has 0 radical (unpaired) electrons. The first-order valence-electron chi connectivity index (χ1n) is 6.66. The van der Waals surface area contributed by atoms with E-state index in [1.807, 2.05) is 12.5 Å². The second kappa shape index (κ2) is 5.19. The average molecular weight is 236 g/mol. The molecule has 1 atom stereocenters. The van der Waals surface area contributed by atoms with Crippen LogP contribution in [0.15, 0.2) is 12.5 Å². The third kappa shape index (κ3) is 2.53. The fraction of sp³-hybridized carbons (Fsp3) is 0.769. The maximum absolute atomic E-state index is 5.98. The molecule has 0 saturated heterocycles. The summed E-state index contributed by atoms with van der Waals surface area (Å²) in [6.45, 7) is 8.33. The highest BCUT2D eigenvalue weighted by Gasteiger charge is 2.30. The second-order valence-corrected chi connectivity index (χ2v) is 5.13. The summed E-state index contributed by atoms with van der Waals surface area (Å²) in [7, 11) is 0. The van der Waals surface area contributed by atoms with E-state index in [9.17, 15) is 0 Å². The molecular formula is C13H24N4. The van der Waals surface area contributed by atoms with Gasteiger partial charge in [0.25, 0.3) is 0 Å². The maximum atomic E-state index is 5.98. The van der Waals surface area contributed by atoms with E-state index in [2.05, 4.69) is 35.2 Å². The van der Waals surface area contributed by atoms with Gasteiger partial charge in [0, 0.05) is 24.8 Å². The van der Waals surface area contributed by atoms with Crippen LogP contribution >= 0.6 is 0 Å². The van der Waals surface area contributed by atoms with Crippen molar-refractivity contribution in [1.82, 2.24) is 14.5 Å². The van der Waals surface area contributed by atoms with Crippen LogP contribution < -0.4 is 5.73 Å². The molecule has 1 aliphatic carbocycles. The van der Waals surface area contributed by atoms with Gasteiger partial charge in [-0.15, -0.1) is 0 Å². The molecule has 0 aliphatic heterocycles. The highest BCUT2D eigenvalue weighted by molar-refractivity contribution is 5.10. The van der Waals surface area contributed by atoms with E-state index >= 15 is 0 Å². The molecule has 2 N–H and O–H groups in total. The fourth-order valence-electron chi connectivity index (χ4n) is 2.60. The SMILES string of the molecule is CCN(C(C)C)C(CN)c1cncn1C1CC1. The first kappa shape index (κ1) is 12.6. The van der Waals surface area contributed by atoms with E-state index in [-0.39, 0.29) is 0 Å². The molecule has 0 bridgehead atoms. The van der Waals surface area contributed by atoms with Crippen molar-refractivity contribution >= 4 is 0 Å². The molecule has 0 spiro atoms. The minimum Gasteiger partial charge on any atom is -0.330 e. The van der Waals surface area contributed by atoms with Gasteiger partial charge in [0.2, 0.25) is 0 Å². The quantitative estimate of drug-likeness (QED) is 0.821. The maximum Gasteiger partial charge on any atom is 0.0951 e. The van der Waals surface area contributed by atoms with Gasteiger partial charge >= 0.3 is 0 Å². The zero-order valence-electron chi connectivity index (χ0n) is 11.1. The van der Waals surface area contributed by atoms with Crippen LogP contribution in [0.3, 0.4) is 0 Å². The molecular weight excluding hydrogens is 212 g/mol. The van der Waals surface area contributed by atoms with Crippen LogP contribution in [0.4, 0.5) is 0 Å². The highest BCUT2D eigenvalue weighted by atomic mass is 15.2. The Labute approximate surface area is 104 Å². The third-order valence-corrected chi connectivity index (χ3v) is 3.63. The molecule has 1 aromatic heterocycles. The molecule has 1 aliphatic rings. The van der Waals surface area contributed by atoms with Gasteiger partial charge in [0.1, 0.15) is 0 Å². The number of rotatable bonds is 6. The molecule has 17 heavy (non-hydrogen) atoms. The summed E-state index contributed by atoms with van der Waals surface area (Å²) in [6, 6.07) is 1.48. The number of nitrogens with two attached hydrogens (primary N) is 1. The highest BCUT2D eigenvalue weighted by Crippen LogP contribution is 2.37. The lowest BCUT2D eigenvalue weighted by atomic mass is 10.1. The standard InChI is InChI=1S/C13H24N4/c1-4-16(10(2)3)12(7-14)13-8-15-9-17(13)11-5-6-11/h8-12H,4-7,14H2,1-3H3. The molecule has 1 unspecified atom stereocenters. The zero-order valence-corrected chi connectivity index (χ0v) is 11.1. The topological polar surface area (TPSA) is 47.1 Å². The van der Waals surface area contributed by atoms with Gasteiger partial charge in [0.15, 0.2) is 0 Å². The summed E-state index contributed by atoms with van der Waals surface area (Å²) in [6.07, 6.45) is 6.52. The van der Waals surface area contributed by atoms with E-state index < -0.39 is 0 Å². The van der Waals surface area contributed by atoms with E-state index in [0.29, 0.717) is 24.7 Å². The fourth-order valence-corrected chi connectivity index (χ4v) is 2.60. The molecule has 1 fully saturated rings. The second-order valence-electron chi connectivity index (χ2n) is 5.13. The number of hydrogen-bond acceptors (Lipinski definition) is 3. The van der Waals surface area contributed by atoms with Crippen molar-refractivity contribution in [3.05, 3.63) is 18.2 Å². The number of aromatic nitrogens is 2. The van der Waals surface area contributed by atoms with Crippen molar-refractivity contribution in [2.75, 3.05) is 13.1 Å². The number of nitrogens with zero attached hydrogens (tertiary/aromatic N) is 3. The van der Waals surface area contributed by atoms with Crippen LogP contribution in [0, 0.1) is 0 Å². The van der Waals surface area contributed by atoms with E-state index in [0.717, 1.165) is 6.54 Å². The van der Waals surface area contributed by atoms with Crippen molar-refractivity contribution in [2.45, 2.75) is 51.7 Å². The van der Waals surface area contributed by atoms with Crippen LogP contribution in [0.1, 0.15) is 51.4 Å². The zero-order chi connectivity index (χ0) is 12.4. The van der Waals surface area contributed by atoms with Crippen molar-refractivity contribution in [1.29, 1.82) is 0 Å². The van der Waals surface area contributed by atoms with Crippen LogP contribution in [-0.2, 0) is 0 Å². The molecule has 1 heterocycles. The van der Waals surface area contributed by atoms with Gasteiger partial charge in [0.05, 0.1) is 18.1 Å². The summed E-state index contributed by atoms with van der Waals surface area (Å²) < 4.78 is 2.32. The minimum atomic E-state index is 0.295. The molecule has 0 amide bonds. The Bertz CT molecular complexity index is 354. The summed E-state index contributed by atoms with van der Waals surface area (Å²) in [5.74, 6) is 0. The molecule has 4 heteroatoms. The molecule has 1 saturated carbocycles. The lowest BCUT2D eigenvalue weighted by molar-refractivity contribution is 0.160. The van der Waals surface area contributed by atoms with Crippen LogP contribution in [0.2, 0.25) is 0 Å². The lowest BCUT2D eigenvalue weighted by Crippen LogP contribution is -2.39. The summed E-state index contributed by atoms with van der Waals surface area (Å²) in [4.78, 5) is 6.75. The first-order chi connectivity index (χ1) is 8.19. The van der Waals surface area contributed by atoms with Gasteiger partial charge < -0.3 is 10.3 Å². The van der Waals surface area contributed by atoms with Gasteiger partial charge in [-0.1, -0.05) is 6.92 Å². The van der Waals surface area contributed by atoms with Crippen molar-refractivity contribution in [3.63, 3.8) is 0 Å². The summed E-state index contributed by atoms with van der Waals surface area (Å²) in [5, 5.41) is 0. The number of likely N-dealkylation sites (N-methyl/N-ethyl adjacent to an activating group) is 1. The van der Waals surface area contributed by atoms with Crippen LogP contribution in [0.25, 0.3) is 0 Å². The smallest absolute Gasteiger partial charge is 0.0951 e. The Kier molecular flexibility index (Phi) is 3.84. The minimum absolute atomic E-state index is 0.295. The van der Waals surface area contributed by atoms with Crippen molar-refractivity contribution in [2.24, 2.45) is 5.73 Å². The monoisotopic (exact) mass is 236 g/mol. The Morgan fingerprint density at radius 3 is 2.71 bits per heavy atom. The van der Waals surface area contributed by atoms with E-state index in [1.165, 1.54) is 18.5 Å². The largest absolute Gasteiger partial charge is 0.330 e. The van der Waals surface area contributed by atoms with Gasteiger partial charge in [-0.3, -0.25) is 4.90 Å². The summed E-state index contributed by atoms with van der Waals surface area (Å²) >= 11 is 0. The predicted molar refractivity (Wildman–Crippen MR) is 69.8 cm³/mol.